The first-order valence-electron chi connectivity index (χ1n) is 5.43. The predicted octanol–water partition coefficient (Wildman–Crippen LogP) is 2.64. The molecule has 1 aromatic rings. The van der Waals surface area contributed by atoms with Crippen LogP contribution in [0, 0.1) is 11.7 Å². The van der Waals surface area contributed by atoms with Crippen molar-refractivity contribution in [2.75, 3.05) is 24.2 Å². The van der Waals surface area contributed by atoms with Gasteiger partial charge in [-0.2, -0.15) is 0 Å². The molecule has 0 heterocycles. The van der Waals surface area contributed by atoms with Crippen LogP contribution in [0.5, 0.6) is 0 Å². The highest BCUT2D eigenvalue weighted by Gasteiger charge is 2.20. The van der Waals surface area contributed by atoms with Gasteiger partial charge in [-0.15, -0.1) is 0 Å². The van der Waals surface area contributed by atoms with Crippen molar-refractivity contribution in [1.29, 1.82) is 0 Å². The molecule has 15 heavy (non-hydrogen) atoms. The zero-order chi connectivity index (χ0) is 10.8. The fourth-order valence-electron chi connectivity index (χ4n) is 2.01. The molecule has 2 nitrogen and oxygen atoms in total. The van der Waals surface area contributed by atoms with Gasteiger partial charge in [0, 0.05) is 13.6 Å². The molecule has 1 aliphatic rings. The molecular weight excluding hydrogens is 191 g/mol. The topological polar surface area (TPSA) is 29.3 Å². The van der Waals surface area contributed by atoms with Crippen molar-refractivity contribution in [3.63, 3.8) is 0 Å². The maximum Gasteiger partial charge on any atom is 0.125 e. The molecule has 3 heteroatoms. The zero-order valence-corrected chi connectivity index (χ0v) is 9.04. The Hall–Kier alpha value is -1.25. The standard InChI is InChI=1S/C12H17FN2/c1-15(8-9-3-2-4-9)12-7-10(13)5-6-11(12)14/h5-7,9H,2-4,8,14H2,1H3. The third kappa shape index (κ3) is 2.22. The molecule has 0 bridgehead atoms. The largest absolute Gasteiger partial charge is 0.397 e. The molecule has 0 unspecified atom stereocenters. The number of halogens is 1. The Balaban J connectivity index is 2.09. The highest BCUT2D eigenvalue weighted by molar-refractivity contribution is 5.67. The summed E-state index contributed by atoms with van der Waals surface area (Å²) in [6.07, 6.45) is 3.91. The molecule has 1 fully saturated rings. The number of hydrogen-bond acceptors (Lipinski definition) is 2. The maximum atomic E-state index is 13.1. The van der Waals surface area contributed by atoms with E-state index in [4.69, 9.17) is 5.73 Å². The number of hydrogen-bond donors (Lipinski definition) is 1. The van der Waals surface area contributed by atoms with E-state index < -0.39 is 0 Å². The number of rotatable bonds is 3. The van der Waals surface area contributed by atoms with Crippen molar-refractivity contribution in [1.82, 2.24) is 0 Å². The van der Waals surface area contributed by atoms with E-state index in [0.29, 0.717) is 5.69 Å². The van der Waals surface area contributed by atoms with Crippen LogP contribution in [-0.2, 0) is 0 Å². The summed E-state index contributed by atoms with van der Waals surface area (Å²) in [4.78, 5) is 2.06. The summed E-state index contributed by atoms with van der Waals surface area (Å²) < 4.78 is 13.1. The number of benzene rings is 1. The Morgan fingerprint density at radius 2 is 2.20 bits per heavy atom. The first kappa shape index (κ1) is 10.3. The molecule has 0 aliphatic heterocycles. The molecule has 1 saturated carbocycles. The highest BCUT2D eigenvalue weighted by Crippen LogP contribution is 2.30. The molecule has 0 saturated heterocycles. The van der Waals surface area contributed by atoms with Crippen molar-refractivity contribution < 1.29 is 4.39 Å². The second kappa shape index (κ2) is 4.09. The zero-order valence-electron chi connectivity index (χ0n) is 9.04. The maximum absolute atomic E-state index is 13.1. The molecule has 1 aromatic carbocycles. The van der Waals surface area contributed by atoms with Crippen molar-refractivity contribution >= 4 is 11.4 Å². The molecule has 0 amide bonds. The van der Waals surface area contributed by atoms with E-state index in [0.717, 1.165) is 18.2 Å². The fourth-order valence-corrected chi connectivity index (χ4v) is 2.01. The van der Waals surface area contributed by atoms with Gasteiger partial charge in [0.25, 0.3) is 0 Å². The lowest BCUT2D eigenvalue weighted by Crippen LogP contribution is -2.29. The molecule has 0 aromatic heterocycles. The van der Waals surface area contributed by atoms with Crippen molar-refractivity contribution in [2.24, 2.45) is 5.92 Å². The summed E-state index contributed by atoms with van der Waals surface area (Å²) in [6, 6.07) is 4.53. The smallest absolute Gasteiger partial charge is 0.125 e. The molecule has 0 radical (unpaired) electrons. The van der Waals surface area contributed by atoms with E-state index in [1.165, 1.54) is 31.4 Å². The van der Waals surface area contributed by atoms with Crippen LogP contribution < -0.4 is 10.6 Å². The molecule has 2 rings (SSSR count). The summed E-state index contributed by atoms with van der Waals surface area (Å²) in [7, 11) is 1.98. The number of nitrogen functional groups attached to an aromatic ring is 1. The minimum atomic E-state index is -0.223. The Labute approximate surface area is 89.9 Å². The van der Waals surface area contributed by atoms with E-state index >= 15 is 0 Å². The van der Waals surface area contributed by atoms with Crippen LogP contribution in [-0.4, -0.2) is 13.6 Å². The average Bonchev–Trinajstić information content (AvgIpc) is 2.15. The van der Waals surface area contributed by atoms with Crippen LogP contribution in [0.3, 0.4) is 0 Å². The first-order valence-corrected chi connectivity index (χ1v) is 5.43. The molecule has 0 spiro atoms. The molecule has 1 aliphatic carbocycles. The van der Waals surface area contributed by atoms with Crippen molar-refractivity contribution in [3.05, 3.63) is 24.0 Å². The van der Waals surface area contributed by atoms with E-state index in [1.54, 1.807) is 6.07 Å². The first-order chi connectivity index (χ1) is 7.16. The van der Waals surface area contributed by atoms with Gasteiger partial charge >= 0.3 is 0 Å². The highest BCUT2D eigenvalue weighted by atomic mass is 19.1. The van der Waals surface area contributed by atoms with E-state index in [1.807, 2.05) is 7.05 Å². The number of nitrogens with zero attached hydrogens (tertiary/aromatic N) is 1. The van der Waals surface area contributed by atoms with Gasteiger partial charge < -0.3 is 10.6 Å². The Morgan fingerprint density at radius 1 is 1.47 bits per heavy atom. The van der Waals surface area contributed by atoms with Gasteiger partial charge in [0.2, 0.25) is 0 Å². The molecular formula is C12H17FN2. The molecule has 82 valence electrons. The van der Waals surface area contributed by atoms with E-state index in [-0.39, 0.29) is 5.82 Å². The summed E-state index contributed by atoms with van der Waals surface area (Å²) in [6.45, 7) is 0.980. The lowest BCUT2D eigenvalue weighted by atomic mass is 9.85. The van der Waals surface area contributed by atoms with Gasteiger partial charge in [-0.25, -0.2) is 4.39 Å². The average molecular weight is 208 g/mol. The quantitative estimate of drug-likeness (QED) is 0.774. The molecule has 2 N–H and O–H groups in total. The van der Waals surface area contributed by atoms with Gasteiger partial charge in [-0.1, -0.05) is 6.42 Å². The second-order valence-corrected chi connectivity index (χ2v) is 4.38. The van der Waals surface area contributed by atoms with Gasteiger partial charge in [0.05, 0.1) is 11.4 Å². The van der Waals surface area contributed by atoms with Crippen LogP contribution in [0.15, 0.2) is 18.2 Å². The van der Waals surface area contributed by atoms with Crippen LogP contribution in [0.1, 0.15) is 19.3 Å². The fraction of sp³-hybridized carbons (Fsp3) is 0.500. The normalized spacial score (nSPS) is 16.1. The minimum Gasteiger partial charge on any atom is -0.397 e. The second-order valence-electron chi connectivity index (χ2n) is 4.38. The lowest BCUT2D eigenvalue weighted by molar-refractivity contribution is 0.321. The van der Waals surface area contributed by atoms with Crippen LogP contribution in [0.4, 0.5) is 15.8 Å². The minimum absolute atomic E-state index is 0.223. The lowest BCUT2D eigenvalue weighted by Gasteiger charge is -2.31. The third-order valence-corrected chi connectivity index (χ3v) is 3.16. The van der Waals surface area contributed by atoms with Gasteiger partial charge in [-0.3, -0.25) is 0 Å². The van der Waals surface area contributed by atoms with Gasteiger partial charge in [0.1, 0.15) is 5.82 Å². The summed E-state index contributed by atoms with van der Waals surface area (Å²) in [5.41, 5.74) is 7.28. The van der Waals surface area contributed by atoms with Crippen LogP contribution in [0.25, 0.3) is 0 Å². The monoisotopic (exact) mass is 208 g/mol. The SMILES string of the molecule is CN(CC1CCC1)c1cc(F)ccc1N. The predicted molar refractivity (Wildman–Crippen MR) is 61.4 cm³/mol. The van der Waals surface area contributed by atoms with Crippen molar-refractivity contribution in [3.8, 4) is 0 Å². The summed E-state index contributed by atoms with van der Waals surface area (Å²) in [5.74, 6) is 0.539. The molecule has 0 atom stereocenters. The number of nitrogens with two attached hydrogens (primary N) is 1. The Bertz CT molecular complexity index is 347. The van der Waals surface area contributed by atoms with Gasteiger partial charge in [0.15, 0.2) is 0 Å². The summed E-state index contributed by atoms with van der Waals surface area (Å²) >= 11 is 0. The number of anilines is 2. The van der Waals surface area contributed by atoms with E-state index in [2.05, 4.69) is 4.90 Å². The van der Waals surface area contributed by atoms with Crippen LogP contribution in [0.2, 0.25) is 0 Å². The van der Waals surface area contributed by atoms with E-state index in [9.17, 15) is 4.39 Å². The van der Waals surface area contributed by atoms with Crippen LogP contribution >= 0.6 is 0 Å². The summed E-state index contributed by atoms with van der Waals surface area (Å²) in [5, 5.41) is 0. The Kier molecular flexibility index (Phi) is 2.80. The Morgan fingerprint density at radius 3 is 2.80 bits per heavy atom. The third-order valence-electron chi connectivity index (χ3n) is 3.16. The van der Waals surface area contributed by atoms with Gasteiger partial charge in [-0.05, 0) is 37.0 Å². The van der Waals surface area contributed by atoms with Crippen molar-refractivity contribution in [2.45, 2.75) is 19.3 Å².